The molecule has 0 aliphatic heterocycles. The monoisotopic (exact) mass is 252 g/mol. The van der Waals surface area contributed by atoms with Gasteiger partial charge < -0.3 is 5.32 Å². The van der Waals surface area contributed by atoms with Crippen LogP contribution >= 0.6 is 22.7 Å². The first kappa shape index (κ1) is 11.8. The van der Waals surface area contributed by atoms with Gasteiger partial charge in [0, 0.05) is 24.2 Å². The van der Waals surface area contributed by atoms with Gasteiger partial charge in [0.2, 0.25) is 0 Å². The van der Waals surface area contributed by atoms with Crippen LogP contribution in [0.5, 0.6) is 0 Å². The molecule has 86 valence electrons. The highest BCUT2D eigenvalue weighted by molar-refractivity contribution is 7.11. The summed E-state index contributed by atoms with van der Waals surface area (Å²) in [5, 5.41) is 9.09. The van der Waals surface area contributed by atoms with Gasteiger partial charge in [0.05, 0.1) is 5.01 Å². The molecule has 0 radical (unpaired) electrons. The van der Waals surface area contributed by atoms with Crippen LogP contribution in [0.4, 0.5) is 0 Å². The normalized spacial score (nSPS) is 10.9. The van der Waals surface area contributed by atoms with E-state index in [9.17, 15) is 0 Å². The number of rotatable bonds is 5. The van der Waals surface area contributed by atoms with Gasteiger partial charge in [-0.05, 0) is 35.2 Å². The van der Waals surface area contributed by atoms with E-state index in [4.69, 9.17) is 0 Å². The predicted molar refractivity (Wildman–Crippen MR) is 71.1 cm³/mol. The number of hydrogen-bond acceptors (Lipinski definition) is 4. The quantitative estimate of drug-likeness (QED) is 0.882. The van der Waals surface area contributed by atoms with E-state index >= 15 is 0 Å². The van der Waals surface area contributed by atoms with Crippen LogP contribution in [0.3, 0.4) is 0 Å². The van der Waals surface area contributed by atoms with Gasteiger partial charge in [-0.2, -0.15) is 11.3 Å². The number of aromatic nitrogens is 1. The van der Waals surface area contributed by atoms with E-state index in [1.807, 2.05) is 6.20 Å². The van der Waals surface area contributed by atoms with Gasteiger partial charge in [-0.3, -0.25) is 0 Å². The molecule has 0 aliphatic carbocycles. The molecule has 0 unspecified atom stereocenters. The zero-order valence-corrected chi connectivity index (χ0v) is 11.3. The van der Waals surface area contributed by atoms with Gasteiger partial charge in [-0.25, -0.2) is 4.98 Å². The Kier molecular flexibility index (Phi) is 4.09. The Morgan fingerprint density at radius 1 is 1.31 bits per heavy atom. The molecular weight excluding hydrogens is 236 g/mol. The highest BCUT2D eigenvalue weighted by Crippen LogP contribution is 2.15. The Balaban J connectivity index is 1.82. The van der Waals surface area contributed by atoms with Gasteiger partial charge in [0.1, 0.15) is 0 Å². The molecule has 0 aromatic carbocycles. The third kappa shape index (κ3) is 2.90. The molecule has 0 spiro atoms. The summed E-state index contributed by atoms with van der Waals surface area (Å²) in [5.74, 6) is 0. The summed E-state index contributed by atoms with van der Waals surface area (Å²) in [6.07, 6.45) is 3.02. The predicted octanol–water partition coefficient (Wildman–Crippen LogP) is 3.37. The van der Waals surface area contributed by atoms with Gasteiger partial charge in [0.15, 0.2) is 0 Å². The number of aryl methyl sites for hydroxylation is 2. The second-order valence-electron chi connectivity index (χ2n) is 3.76. The smallest absolute Gasteiger partial charge is 0.0925 e. The lowest BCUT2D eigenvalue weighted by Crippen LogP contribution is -2.11. The van der Waals surface area contributed by atoms with Crippen molar-refractivity contribution in [3.05, 3.63) is 38.0 Å². The zero-order chi connectivity index (χ0) is 11.4. The number of thiazole rings is 1. The van der Waals surface area contributed by atoms with Crippen LogP contribution in [-0.4, -0.2) is 4.98 Å². The Labute approximate surface area is 104 Å². The molecule has 0 atom stereocenters. The Morgan fingerprint density at radius 2 is 2.19 bits per heavy atom. The van der Waals surface area contributed by atoms with E-state index in [0.29, 0.717) is 0 Å². The number of nitrogens with zero attached hydrogens (tertiary/aromatic N) is 1. The van der Waals surface area contributed by atoms with E-state index < -0.39 is 0 Å². The first-order valence-corrected chi connectivity index (χ1v) is 7.21. The second kappa shape index (κ2) is 5.57. The minimum atomic E-state index is 0.924. The lowest BCUT2D eigenvalue weighted by molar-refractivity contribution is 0.699. The zero-order valence-electron chi connectivity index (χ0n) is 9.62. The van der Waals surface area contributed by atoms with Gasteiger partial charge in [-0.15, -0.1) is 11.3 Å². The molecule has 16 heavy (non-hydrogen) atoms. The third-order valence-corrected chi connectivity index (χ3v) is 4.53. The Morgan fingerprint density at radius 3 is 2.81 bits per heavy atom. The molecule has 1 N–H and O–H groups in total. The third-order valence-electron chi connectivity index (χ3n) is 2.48. The summed E-state index contributed by atoms with van der Waals surface area (Å²) in [7, 11) is 0. The van der Waals surface area contributed by atoms with Gasteiger partial charge in [0.25, 0.3) is 0 Å². The molecule has 4 heteroatoms. The van der Waals surface area contributed by atoms with Crippen LogP contribution in [-0.2, 0) is 19.5 Å². The molecule has 0 saturated heterocycles. The topological polar surface area (TPSA) is 24.9 Å². The maximum atomic E-state index is 4.35. The molecular formula is C12H16N2S2. The average Bonchev–Trinajstić information content (AvgIpc) is 2.89. The van der Waals surface area contributed by atoms with Crippen LogP contribution in [0.15, 0.2) is 17.0 Å². The molecule has 2 rings (SSSR count). The molecule has 0 saturated carbocycles. The van der Waals surface area contributed by atoms with Crippen molar-refractivity contribution < 1.29 is 0 Å². The Bertz CT molecular complexity index is 445. The fraction of sp³-hybridized carbons (Fsp3) is 0.417. The van der Waals surface area contributed by atoms with Crippen LogP contribution in [0.2, 0.25) is 0 Å². The number of thiophene rings is 1. The summed E-state index contributed by atoms with van der Waals surface area (Å²) in [5.41, 5.74) is 2.79. The largest absolute Gasteiger partial charge is 0.308 e. The second-order valence-corrected chi connectivity index (χ2v) is 5.70. The van der Waals surface area contributed by atoms with Gasteiger partial charge >= 0.3 is 0 Å². The van der Waals surface area contributed by atoms with E-state index in [2.05, 4.69) is 34.9 Å². The summed E-state index contributed by atoms with van der Waals surface area (Å²) in [6, 6.07) is 0. The summed E-state index contributed by atoms with van der Waals surface area (Å²) >= 11 is 3.57. The van der Waals surface area contributed by atoms with Crippen LogP contribution < -0.4 is 5.32 Å². The lowest BCUT2D eigenvalue weighted by Gasteiger charge is -2.01. The molecule has 0 amide bonds. The fourth-order valence-corrected chi connectivity index (χ4v) is 3.17. The van der Waals surface area contributed by atoms with Crippen molar-refractivity contribution in [3.8, 4) is 0 Å². The molecule has 2 aromatic heterocycles. The molecule has 2 heterocycles. The van der Waals surface area contributed by atoms with Crippen molar-refractivity contribution in [2.45, 2.75) is 33.4 Å². The van der Waals surface area contributed by atoms with Crippen molar-refractivity contribution in [2.24, 2.45) is 0 Å². The van der Waals surface area contributed by atoms with Crippen molar-refractivity contribution in [3.63, 3.8) is 0 Å². The highest BCUT2D eigenvalue weighted by Gasteiger charge is 2.01. The SMILES string of the molecule is CCc1ncc(CNCc2cscc2C)s1. The van der Waals surface area contributed by atoms with E-state index in [1.165, 1.54) is 21.0 Å². The van der Waals surface area contributed by atoms with Crippen molar-refractivity contribution >= 4 is 22.7 Å². The first-order chi connectivity index (χ1) is 7.79. The van der Waals surface area contributed by atoms with Gasteiger partial charge in [-0.1, -0.05) is 6.92 Å². The highest BCUT2D eigenvalue weighted by atomic mass is 32.1. The maximum Gasteiger partial charge on any atom is 0.0925 e. The standard InChI is InChI=1S/C12H16N2S2/c1-3-12-14-6-11(16-12)5-13-4-10-8-15-7-9(10)2/h6-8,13H,3-5H2,1-2H3. The number of nitrogens with one attached hydrogen (secondary N) is 1. The summed E-state index contributed by atoms with van der Waals surface area (Å²) < 4.78 is 0. The summed E-state index contributed by atoms with van der Waals surface area (Å²) in [4.78, 5) is 5.67. The number of hydrogen-bond donors (Lipinski definition) is 1. The molecule has 0 aliphatic rings. The first-order valence-electron chi connectivity index (χ1n) is 5.45. The summed E-state index contributed by atoms with van der Waals surface area (Å²) in [6.45, 7) is 6.18. The molecule has 2 nitrogen and oxygen atoms in total. The van der Waals surface area contributed by atoms with Crippen molar-refractivity contribution in [1.82, 2.24) is 10.3 Å². The Hall–Kier alpha value is -0.710. The minimum Gasteiger partial charge on any atom is -0.308 e. The van der Waals surface area contributed by atoms with E-state index in [-0.39, 0.29) is 0 Å². The van der Waals surface area contributed by atoms with Crippen LogP contribution in [0.25, 0.3) is 0 Å². The van der Waals surface area contributed by atoms with E-state index in [0.717, 1.165) is 19.5 Å². The average molecular weight is 252 g/mol. The van der Waals surface area contributed by atoms with Crippen molar-refractivity contribution in [1.29, 1.82) is 0 Å². The molecule has 0 bridgehead atoms. The van der Waals surface area contributed by atoms with Crippen LogP contribution in [0, 0.1) is 6.92 Å². The fourth-order valence-electron chi connectivity index (χ4n) is 1.48. The van der Waals surface area contributed by atoms with Crippen molar-refractivity contribution in [2.75, 3.05) is 0 Å². The maximum absolute atomic E-state index is 4.35. The van der Waals surface area contributed by atoms with Crippen LogP contribution in [0.1, 0.15) is 27.9 Å². The molecule has 2 aromatic rings. The molecule has 0 fully saturated rings. The van der Waals surface area contributed by atoms with E-state index in [1.54, 1.807) is 22.7 Å². The minimum absolute atomic E-state index is 0.924. The lowest BCUT2D eigenvalue weighted by atomic mass is 10.2.